The fourth-order valence-electron chi connectivity index (χ4n) is 1.28. The molecule has 14 heavy (non-hydrogen) atoms. The first-order valence-corrected chi connectivity index (χ1v) is 5.67. The number of carbonyl (C=O) groups is 1. The summed E-state index contributed by atoms with van der Waals surface area (Å²) in [7, 11) is 0. The number of phenols is 1. The molecule has 0 bridgehead atoms. The summed E-state index contributed by atoms with van der Waals surface area (Å²) >= 11 is 1.75. The number of rotatable bonds is 5. The van der Waals surface area contributed by atoms with Crippen molar-refractivity contribution in [2.75, 3.05) is 5.75 Å². The second-order valence-electron chi connectivity index (χ2n) is 2.94. The van der Waals surface area contributed by atoms with E-state index in [0.29, 0.717) is 6.42 Å². The predicted molar refractivity (Wildman–Crippen MR) is 59.7 cm³/mol. The van der Waals surface area contributed by atoms with Gasteiger partial charge in [0.15, 0.2) is 0 Å². The van der Waals surface area contributed by atoms with Crippen molar-refractivity contribution in [2.45, 2.75) is 18.6 Å². The van der Waals surface area contributed by atoms with Gasteiger partial charge in [-0.2, -0.15) is 11.8 Å². The maximum absolute atomic E-state index is 10.5. The summed E-state index contributed by atoms with van der Waals surface area (Å²) in [5, 5.41) is 9.34. The highest BCUT2D eigenvalue weighted by atomic mass is 32.2. The standard InChI is InChI=1S/C11H14O2S/c1-2-14-11(7-8-12)9-3-5-10(13)6-4-9/h3-6,8,11,13H,2,7H2,1H3. The fraction of sp³-hybridized carbons (Fsp3) is 0.364. The molecule has 0 aliphatic carbocycles. The fourth-order valence-corrected chi connectivity index (χ4v) is 2.24. The summed E-state index contributed by atoms with van der Waals surface area (Å²) in [5.41, 5.74) is 1.10. The van der Waals surface area contributed by atoms with Crippen molar-refractivity contribution < 1.29 is 9.90 Å². The van der Waals surface area contributed by atoms with Crippen molar-refractivity contribution in [2.24, 2.45) is 0 Å². The molecule has 1 aromatic rings. The lowest BCUT2D eigenvalue weighted by molar-refractivity contribution is -0.107. The first-order valence-electron chi connectivity index (χ1n) is 4.62. The molecule has 0 saturated carbocycles. The van der Waals surface area contributed by atoms with Gasteiger partial charge in [-0.15, -0.1) is 0 Å². The molecule has 1 aromatic carbocycles. The summed E-state index contributed by atoms with van der Waals surface area (Å²) in [5.74, 6) is 1.25. The number of carbonyl (C=O) groups excluding carboxylic acids is 1. The van der Waals surface area contributed by atoms with Crippen LogP contribution in [0.1, 0.15) is 24.2 Å². The second kappa shape index (κ2) is 5.70. The molecule has 0 heterocycles. The highest BCUT2D eigenvalue weighted by Crippen LogP contribution is 2.31. The Morgan fingerprint density at radius 1 is 1.43 bits per heavy atom. The van der Waals surface area contributed by atoms with E-state index in [-0.39, 0.29) is 11.0 Å². The van der Waals surface area contributed by atoms with Crippen molar-refractivity contribution >= 4 is 18.0 Å². The maximum atomic E-state index is 10.5. The number of hydrogen-bond acceptors (Lipinski definition) is 3. The first kappa shape index (κ1) is 11.1. The average molecular weight is 210 g/mol. The minimum Gasteiger partial charge on any atom is -0.508 e. The van der Waals surface area contributed by atoms with Gasteiger partial charge in [0.1, 0.15) is 12.0 Å². The lowest BCUT2D eigenvalue weighted by atomic mass is 10.1. The summed E-state index contributed by atoms with van der Waals surface area (Å²) in [6.45, 7) is 2.07. The Morgan fingerprint density at radius 2 is 2.07 bits per heavy atom. The van der Waals surface area contributed by atoms with Crippen LogP contribution in [-0.2, 0) is 4.79 Å². The molecule has 0 spiro atoms. The maximum Gasteiger partial charge on any atom is 0.121 e. The van der Waals surface area contributed by atoms with Gasteiger partial charge in [-0.3, -0.25) is 0 Å². The highest BCUT2D eigenvalue weighted by Gasteiger charge is 2.09. The summed E-state index contributed by atoms with van der Waals surface area (Å²) < 4.78 is 0. The molecule has 0 amide bonds. The van der Waals surface area contributed by atoms with E-state index in [1.165, 1.54) is 0 Å². The van der Waals surface area contributed by atoms with Crippen LogP contribution in [0.5, 0.6) is 5.75 Å². The van der Waals surface area contributed by atoms with Crippen LogP contribution >= 0.6 is 11.8 Å². The topological polar surface area (TPSA) is 37.3 Å². The van der Waals surface area contributed by atoms with Crippen molar-refractivity contribution in [1.82, 2.24) is 0 Å². The number of benzene rings is 1. The van der Waals surface area contributed by atoms with E-state index in [1.54, 1.807) is 23.9 Å². The first-order chi connectivity index (χ1) is 6.77. The molecule has 0 saturated heterocycles. The van der Waals surface area contributed by atoms with E-state index in [2.05, 4.69) is 6.92 Å². The van der Waals surface area contributed by atoms with Gasteiger partial charge in [-0.05, 0) is 23.4 Å². The highest BCUT2D eigenvalue weighted by molar-refractivity contribution is 7.99. The number of thioether (sulfide) groups is 1. The lowest BCUT2D eigenvalue weighted by Gasteiger charge is -2.12. The minimum atomic E-state index is 0.220. The van der Waals surface area contributed by atoms with Crippen LogP contribution in [-0.4, -0.2) is 17.1 Å². The second-order valence-corrected chi connectivity index (χ2v) is 4.42. The zero-order valence-electron chi connectivity index (χ0n) is 8.14. The van der Waals surface area contributed by atoms with Gasteiger partial charge < -0.3 is 9.90 Å². The molecule has 0 fully saturated rings. The van der Waals surface area contributed by atoms with Gasteiger partial charge in [0.05, 0.1) is 0 Å². The van der Waals surface area contributed by atoms with Crippen molar-refractivity contribution in [1.29, 1.82) is 0 Å². The number of aldehydes is 1. The molecule has 0 aliphatic rings. The van der Waals surface area contributed by atoms with Crippen molar-refractivity contribution in [3.05, 3.63) is 29.8 Å². The number of phenolic OH excluding ortho intramolecular Hbond substituents is 1. The molecule has 0 aromatic heterocycles. The molecule has 1 N–H and O–H groups in total. The number of aromatic hydroxyl groups is 1. The van der Waals surface area contributed by atoms with Crippen LogP contribution in [0.2, 0.25) is 0 Å². The molecular weight excluding hydrogens is 196 g/mol. The summed E-state index contributed by atoms with van der Waals surface area (Å²) in [6, 6.07) is 7.05. The quantitative estimate of drug-likeness (QED) is 0.759. The Balaban J connectivity index is 2.76. The smallest absolute Gasteiger partial charge is 0.121 e. The van der Waals surface area contributed by atoms with E-state index < -0.39 is 0 Å². The number of hydrogen-bond donors (Lipinski definition) is 1. The van der Waals surface area contributed by atoms with Gasteiger partial charge in [-0.25, -0.2) is 0 Å². The third kappa shape index (κ3) is 3.07. The summed E-state index contributed by atoms with van der Waals surface area (Å²) in [4.78, 5) is 10.5. The third-order valence-corrected chi connectivity index (χ3v) is 3.14. The zero-order chi connectivity index (χ0) is 10.4. The monoisotopic (exact) mass is 210 g/mol. The Morgan fingerprint density at radius 3 is 2.57 bits per heavy atom. The molecule has 3 heteroatoms. The Labute approximate surface area is 88.3 Å². The summed E-state index contributed by atoms with van der Waals surface area (Å²) in [6.07, 6.45) is 1.48. The van der Waals surface area contributed by atoms with E-state index in [0.717, 1.165) is 17.6 Å². The lowest BCUT2D eigenvalue weighted by Crippen LogP contribution is -1.95. The van der Waals surface area contributed by atoms with Crippen molar-refractivity contribution in [3.8, 4) is 5.75 Å². The predicted octanol–water partition coefficient (Wildman–Crippen LogP) is 2.78. The van der Waals surface area contributed by atoms with Gasteiger partial charge >= 0.3 is 0 Å². The minimum absolute atomic E-state index is 0.220. The van der Waals surface area contributed by atoms with Crippen LogP contribution in [0.25, 0.3) is 0 Å². The molecule has 0 radical (unpaired) electrons. The van der Waals surface area contributed by atoms with E-state index in [1.807, 2.05) is 12.1 Å². The van der Waals surface area contributed by atoms with Crippen LogP contribution in [0.3, 0.4) is 0 Å². The largest absolute Gasteiger partial charge is 0.508 e. The van der Waals surface area contributed by atoms with Gasteiger partial charge in [-0.1, -0.05) is 19.1 Å². The van der Waals surface area contributed by atoms with E-state index in [4.69, 9.17) is 5.11 Å². The molecule has 2 nitrogen and oxygen atoms in total. The van der Waals surface area contributed by atoms with Gasteiger partial charge in [0.25, 0.3) is 0 Å². The van der Waals surface area contributed by atoms with Crippen LogP contribution in [0, 0.1) is 0 Å². The third-order valence-electron chi connectivity index (χ3n) is 1.94. The Bertz CT molecular complexity index is 282. The average Bonchev–Trinajstić information content (AvgIpc) is 2.19. The molecule has 1 atom stereocenters. The normalized spacial score (nSPS) is 12.4. The van der Waals surface area contributed by atoms with Crippen molar-refractivity contribution in [3.63, 3.8) is 0 Å². The van der Waals surface area contributed by atoms with Crippen LogP contribution in [0.4, 0.5) is 0 Å². The van der Waals surface area contributed by atoms with Gasteiger partial charge in [0.2, 0.25) is 0 Å². The molecule has 76 valence electrons. The van der Waals surface area contributed by atoms with E-state index >= 15 is 0 Å². The molecule has 1 rings (SSSR count). The van der Waals surface area contributed by atoms with Crippen LogP contribution in [0.15, 0.2) is 24.3 Å². The molecule has 1 unspecified atom stereocenters. The Hall–Kier alpha value is -0.960. The van der Waals surface area contributed by atoms with E-state index in [9.17, 15) is 4.79 Å². The SMILES string of the molecule is CCSC(CC=O)c1ccc(O)cc1. The van der Waals surface area contributed by atoms with Crippen LogP contribution < -0.4 is 0 Å². The van der Waals surface area contributed by atoms with Gasteiger partial charge in [0, 0.05) is 11.7 Å². The molecular formula is C11H14O2S. The molecule has 0 aliphatic heterocycles. The zero-order valence-corrected chi connectivity index (χ0v) is 8.96. The Kier molecular flexibility index (Phi) is 4.53.